The van der Waals surface area contributed by atoms with E-state index < -0.39 is 0 Å². The summed E-state index contributed by atoms with van der Waals surface area (Å²) in [5.41, 5.74) is 2.89. The van der Waals surface area contributed by atoms with Crippen molar-refractivity contribution in [3.05, 3.63) is 48.3 Å². The maximum Gasteiger partial charge on any atom is 0.169 e. The van der Waals surface area contributed by atoms with Crippen LogP contribution in [0.1, 0.15) is 39.2 Å². The highest BCUT2D eigenvalue weighted by molar-refractivity contribution is 6.45. The number of aryl methyl sites for hydroxylation is 1. The maximum atomic E-state index is 8.86. The number of amidine groups is 2. The number of rotatable bonds is 5. The molecule has 5 rings (SSSR count). The number of benzene rings is 1. The quantitative estimate of drug-likeness (QED) is 0.669. The van der Waals surface area contributed by atoms with Crippen molar-refractivity contribution in [2.45, 2.75) is 51.8 Å². The SMILES string of the molecule is C/C=C(/c1cnn(C)c1)N1C(=N)C(Nc2cccc(OC3CCNC3)c2)=NC2CC21.CC. The Balaban J connectivity index is 0.00000119. The number of ether oxygens (including phenoxy) is 1. The lowest BCUT2D eigenvalue weighted by Crippen LogP contribution is -2.43. The molecule has 0 bridgehead atoms. The summed E-state index contributed by atoms with van der Waals surface area (Å²) < 4.78 is 7.86. The molecular formula is C24H33N7O. The highest BCUT2D eigenvalue weighted by Crippen LogP contribution is 2.40. The minimum absolute atomic E-state index is 0.213. The Kier molecular flexibility index (Phi) is 6.60. The molecule has 1 saturated heterocycles. The number of hydrogen-bond donors (Lipinski definition) is 3. The van der Waals surface area contributed by atoms with Gasteiger partial charge in [-0.15, -0.1) is 0 Å². The number of nitrogens with one attached hydrogen (secondary N) is 3. The molecule has 1 aliphatic carbocycles. The zero-order chi connectivity index (χ0) is 22.7. The number of fused-ring (bicyclic) bond motifs is 1. The van der Waals surface area contributed by atoms with Crippen molar-refractivity contribution >= 4 is 23.1 Å². The topological polar surface area (TPSA) is 90.6 Å². The summed E-state index contributed by atoms with van der Waals surface area (Å²) in [5, 5.41) is 19.8. The van der Waals surface area contributed by atoms with E-state index in [-0.39, 0.29) is 18.2 Å². The van der Waals surface area contributed by atoms with Crippen LogP contribution in [0, 0.1) is 5.41 Å². The number of hydrogen-bond acceptors (Lipinski definition) is 6. The van der Waals surface area contributed by atoms with Crippen molar-refractivity contribution in [3.63, 3.8) is 0 Å². The molecule has 2 fully saturated rings. The molecule has 2 aromatic rings. The summed E-state index contributed by atoms with van der Waals surface area (Å²) in [5.74, 6) is 1.82. The Bertz CT molecular complexity index is 1020. The van der Waals surface area contributed by atoms with Crippen LogP contribution in [-0.4, -0.2) is 57.6 Å². The Morgan fingerprint density at radius 2 is 2.19 bits per heavy atom. The molecule has 0 amide bonds. The summed E-state index contributed by atoms with van der Waals surface area (Å²) in [6, 6.07) is 8.38. The van der Waals surface area contributed by atoms with Crippen molar-refractivity contribution in [2.75, 3.05) is 18.4 Å². The maximum absolute atomic E-state index is 8.86. The number of anilines is 1. The fraction of sp³-hybridized carbons (Fsp3) is 0.458. The summed E-state index contributed by atoms with van der Waals surface area (Å²) in [6.07, 6.45) is 8.07. The molecule has 3 aliphatic rings. The molecule has 1 saturated carbocycles. The minimum Gasteiger partial charge on any atom is -0.489 e. The number of aliphatic imine (C=N–C) groups is 1. The van der Waals surface area contributed by atoms with E-state index in [9.17, 15) is 0 Å². The van der Waals surface area contributed by atoms with Gasteiger partial charge in [-0.05, 0) is 38.4 Å². The van der Waals surface area contributed by atoms with Crippen molar-refractivity contribution in [3.8, 4) is 5.75 Å². The van der Waals surface area contributed by atoms with E-state index in [2.05, 4.69) is 20.6 Å². The molecule has 3 unspecified atom stereocenters. The van der Waals surface area contributed by atoms with Crippen molar-refractivity contribution < 1.29 is 4.74 Å². The van der Waals surface area contributed by atoms with Gasteiger partial charge < -0.3 is 20.3 Å². The number of aromatic nitrogens is 2. The van der Waals surface area contributed by atoms with Crippen LogP contribution in [-0.2, 0) is 7.05 Å². The lowest BCUT2D eigenvalue weighted by molar-refractivity contribution is 0.223. The van der Waals surface area contributed by atoms with Gasteiger partial charge in [0.1, 0.15) is 11.9 Å². The van der Waals surface area contributed by atoms with Crippen LogP contribution in [0.2, 0.25) is 0 Å². The molecule has 32 heavy (non-hydrogen) atoms. The van der Waals surface area contributed by atoms with Crippen LogP contribution in [0.3, 0.4) is 0 Å². The molecule has 3 N–H and O–H groups in total. The van der Waals surface area contributed by atoms with E-state index in [0.29, 0.717) is 11.7 Å². The first-order chi connectivity index (χ1) is 15.6. The Morgan fingerprint density at radius 1 is 1.34 bits per heavy atom. The second kappa shape index (κ2) is 9.56. The molecule has 0 radical (unpaired) electrons. The summed E-state index contributed by atoms with van der Waals surface area (Å²) in [4.78, 5) is 6.86. The second-order valence-corrected chi connectivity index (χ2v) is 8.03. The molecule has 8 heteroatoms. The van der Waals surface area contributed by atoms with Gasteiger partial charge >= 0.3 is 0 Å². The fourth-order valence-electron chi connectivity index (χ4n) is 4.19. The minimum atomic E-state index is 0.213. The highest BCUT2D eigenvalue weighted by atomic mass is 16.5. The third-order valence-electron chi connectivity index (χ3n) is 5.76. The molecule has 170 valence electrons. The molecule has 8 nitrogen and oxygen atoms in total. The van der Waals surface area contributed by atoms with Crippen LogP contribution >= 0.6 is 0 Å². The standard InChI is InChI=1S/C22H27N7O.C2H6/c1-3-19(14-11-25-28(2)13-14)29-20-10-18(20)27-22(21(29)23)26-15-5-4-6-16(9-15)30-17-7-8-24-12-17;1-2/h3-6,9,11,13,17-18,20,23-24H,7-8,10,12H2,1-2H3,(H,26,27);1-2H3/b19-3-,23-21?;. The van der Waals surface area contributed by atoms with Gasteiger partial charge in [0.15, 0.2) is 11.7 Å². The Hall–Kier alpha value is -3.13. The van der Waals surface area contributed by atoms with Crippen LogP contribution in [0.4, 0.5) is 5.69 Å². The molecule has 2 aliphatic heterocycles. The average Bonchev–Trinajstić information content (AvgIpc) is 3.16. The Labute approximate surface area is 189 Å². The van der Waals surface area contributed by atoms with Crippen molar-refractivity contribution in [2.24, 2.45) is 12.0 Å². The van der Waals surface area contributed by atoms with Gasteiger partial charge in [0.2, 0.25) is 0 Å². The molecule has 3 atom stereocenters. The smallest absolute Gasteiger partial charge is 0.169 e. The first-order valence-corrected chi connectivity index (χ1v) is 11.5. The third-order valence-corrected chi connectivity index (χ3v) is 5.76. The monoisotopic (exact) mass is 435 g/mol. The molecule has 1 aromatic carbocycles. The zero-order valence-electron chi connectivity index (χ0n) is 19.3. The van der Waals surface area contributed by atoms with Crippen LogP contribution < -0.4 is 15.4 Å². The first kappa shape index (κ1) is 22.1. The van der Waals surface area contributed by atoms with Gasteiger partial charge in [0.25, 0.3) is 0 Å². The van der Waals surface area contributed by atoms with E-state index in [0.717, 1.165) is 48.6 Å². The van der Waals surface area contributed by atoms with Gasteiger partial charge in [0, 0.05) is 42.8 Å². The predicted octanol–water partition coefficient (Wildman–Crippen LogP) is 3.49. The predicted molar refractivity (Wildman–Crippen MR) is 129 cm³/mol. The van der Waals surface area contributed by atoms with Crippen LogP contribution in [0.25, 0.3) is 5.70 Å². The van der Waals surface area contributed by atoms with Gasteiger partial charge in [-0.3, -0.25) is 15.1 Å². The normalized spacial score (nSPS) is 24.3. The Morgan fingerprint density at radius 3 is 2.88 bits per heavy atom. The summed E-state index contributed by atoms with van der Waals surface area (Å²) in [7, 11) is 1.91. The fourth-order valence-corrected chi connectivity index (χ4v) is 4.19. The van der Waals surface area contributed by atoms with E-state index in [4.69, 9.17) is 15.1 Å². The van der Waals surface area contributed by atoms with E-state index in [1.165, 1.54) is 0 Å². The largest absolute Gasteiger partial charge is 0.489 e. The molecular weight excluding hydrogens is 402 g/mol. The van der Waals surface area contributed by atoms with Gasteiger partial charge in [0.05, 0.1) is 18.3 Å². The van der Waals surface area contributed by atoms with E-state index >= 15 is 0 Å². The highest BCUT2D eigenvalue weighted by Gasteiger charge is 2.49. The third kappa shape index (κ3) is 4.55. The second-order valence-electron chi connectivity index (χ2n) is 8.03. The van der Waals surface area contributed by atoms with E-state index in [1.54, 1.807) is 4.68 Å². The first-order valence-electron chi connectivity index (χ1n) is 11.5. The van der Waals surface area contributed by atoms with Gasteiger partial charge in [-0.25, -0.2) is 0 Å². The molecule has 0 spiro atoms. The van der Waals surface area contributed by atoms with Gasteiger partial charge in [-0.2, -0.15) is 5.10 Å². The summed E-state index contributed by atoms with van der Waals surface area (Å²) >= 11 is 0. The van der Waals surface area contributed by atoms with Crippen LogP contribution in [0.15, 0.2) is 47.7 Å². The van der Waals surface area contributed by atoms with Crippen molar-refractivity contribution in [1.82, 2.24) is 20.0 Å². The average molecular weight is 436 g/mol. The van der Waals surface area contributed by atoms with Gasteiger partial charge in [-0.1, -0.05) is 26.0 Å². The number of nitrogens with zero attached hydrogens (tertiary/aromatic N) is 4. The van der Waals surface area contributed by atoms with Crippen LogP contribution in [0.5, 0.6) is 5.75 Å². The molecule has 1 aromatic heterocycles. The van der Waals surface area contributed by atoms with Crippen molar-refractivity contribution in [1.29, 1.82) is 5.41 Å². The lowest BCUT2D eigenvalue weighted by atomic mass is 10.2. The number of allylic oxidation sites excluding steroid dienone is 1. The lowest BCUT2D eigenvalue weighted by Gasteiger charge is -2.31. The summed E-state index contributed by atoms with van der Waals surface area (Å²) in [6.45, 7) is 7.89. The molecule has 3 heterocycles. The zero-order valence-corrected chi connectivity index (χ0v) is 19.3. The van der Waals surface area contributed by atoms with E-state index in [1.807, 2.05) is 70.6 Å².